The number of rotatable bonds is 2. The highest BCUT2D eigenvalue weighted by Gasteiger charge is 2.17. The molecule has 0 aromatic heterocycles. The Hall–Kier alpha value is -1.35. The van der Waals surface area contributed by atoms with Crippen molar-refractivity contribution in [2.24, 2.45) is 0 Å². The number of anilines is 1. The Labute approximate surface area is 96.2 Å². The first kappa shape index (κ1) is 11.1. The van der Waals surface area contributed by atoms with Gasteiger partial charge in [0, 0.05) is 18.7 Å². The van der Waals surface area contributed by atoms with Crippen molar-refractivity contribution in [1.29, 1.82) is 0 Å². The molecule has 0 aliphatic carbocycles. The van der Waals surface area contributed by atoms with E-state index in [4.69, 9.17) is 0 Å². The molecule has 3 nitrogen and oxygen atoms in total. The first-order valence-electron chi connectivity index (χ1n) is 5.78. The summed E-state index contributed by atoms with van der Waals surface area (Å²) in [4.78, 5) is 10.9. The fourth-order valence-electron chi connectivity index (χ4n) is 2.30. The second kappa shape index (κ2) is 4.66. The molecule has 16 heavy (non-hydrogen) atoms. The summed E-state index contributed by atoms with van der Waals surface area (Å²) in [5.74, 6) is -0.0221. The van der Waals surface area contributed by atoms with Crippen LogP contribution in [0.2, 0.25) is 0 Å². The fourth-order valence-corrected chi connectivity index (χ4v) is 2.30. The van der Waals surface area contributed by atoms with Crippen LogP contribution in [0.4, 0.5) is 5.69 Å². The van der Waals surface area contributed by atoms with Crippen LogP contribution in [0.5, 0.6) is 0 Å². The molecule has 0 saturated carbocycles. The third-order valence-electron chi connectivity index (χ3n) is 3.03. The highest BCUT2D eigenvalue weighted by Crippen LogP contribution is 2.27. The van der Waals surface area contributed by atoms with Crippen LogP contribution < -0.4 is 10.6 Å². The molecular weight excluding hydrogens is 200 g/mol. The topological polar surface area (TPSA) is 41.1 Å². The lowest BCUT2D eigenvalue weighted by atomic mass is 9.99. The molecule has 1 saturated heterocycles. The Kier molecular flexibility index (Phi) is 3.25. The molecular formula is C13H18N2O. The molecule has 0 spiro atoms. The number of hydrogen-bond donors (Lipinski definition) is 2. The quantitative estimate of drug-likeness (QED) is 0.800. The van der Waals surface area contributed by atoms with Crippen LogP contribution >= 0.6 is 0 Å². The van der Waals surface area contributed by atoms with E-state index in [0.717, 1.165) is 12.2 Å². The van der Waals surface area contributed by atoms with Crippen LogP contribution in [0.1, 0.15) is 36.9 Å². The van der Waals surface area contributed by atoms with Gasteiger partial charge in [0.2, 0.25) is 5.91 Å². The molecule has 0 bridgehead atoms. The average Bonchev–Trinajstić information content (AvgIpc) is 2.69. The van der Waals surface area contributed by atoms with Gasteiger partial charge < -0.3 is 10.6 Å². The second-order valence-electron chi connectivity index (χ2n) is 4.40. The maximum Gasteiger partial charge on any atom is 0.221 e. The second-order valence-corrected chi connectivity index (χ2v) is 4.40. The molecule has 1 aliphatic heterocycles. The minimum absolute atomic E-state index is 0.0221. The van der Waals surface area contributed by atoms with Crippen LogP contribution in [-0.4, -0.2) is 12.5 Å². The maximum atomic E-state index is 10.9. The van der Waals surface area contributed by atoms with E-state index in [-0.39, 0.29) is 5.91 Å². The summed E-state index contributed by atoms with van der Waals surface area (Å²) in [7, 11) is 0. The predicted molar refractivity (Wildman–Crippen MR) is 65.5 cm³/mol. The zero-order chi connectivity index (χ0) is 11.5. The highest BCUT2D eigenvalue weighted by atomic mass is 16.1. The van der Waals surface area contributed by atoms with Gasteiger partial charge in [0.1, 0.15) is 0 Å². The van der Waals surface area contributed by atoms with Crippen molar-refractivity contribution in [1.82, 2.24) is 5.32 Å². The zero-order valence-electron chi connectivity index (χ0n) is 9.84. The largest absolute Gasteiger partial charge is 0.326 e. The van der Waals surface area contributed by atoms with Crippen LogP contribution in [0.3, 0.4) is 0 Å². The lowest BCUT2D eigenvalue weighted by molar-refractivity contribution is -0.114. The van der Waals surface area contributed by atoms with E-state index in [0.29, 0.717) is 6.04 Å². The predicted octanol–water partition coefficient (Wildman–Crippen LogP) is 2.38. The van der Waals surface area contributed by atoms with Gasteiger partial charge in [-0.05, 0) is 49.6 Å². The van der Waals surface area contributed by atoms with E-state index in [1.54, 1.807) is 0 Å². The standard InChI is InChI=1S/C13H18N2O/c1-9-8-11(15-10(2)16)5-6-12(9)13-4-3-7-14-13/h5-6,8,13-14H,3-4,7H2,1-2H3,(H,15,16)/t13-/m0/s1. The molecule has 1 aliphatic rings. The van der Waals surface area contributed by atoms with Gasteiger partial charge in [-0.3, -0.25) is 4.79 Å². The van der Waals surface area contributed by atoms with Crippen LogP contribution in [0.15, 0.2) is 18.2 Å². The Morgan fingerprint density at radius 2 is 2.31 bits per heavy atom. The number of aryl methyl sites for hydroxylation is 1. The lowest BCUT2D eigenvalue weighted by Crippen LogP contribution is -2.14. The van der Waals surface area contributed by atoms with Crippen molar-refractivity contribution < 1.29 is 4.79 Å². The number of hydrogen-bond acceptors (Lipinski definition) is 2. The molecule has 3 heteroatoms. The Morgan fingerprint density at radius 3 is 2.88 bits per heavy atom. The Bertz CT molecular complexity index is 395. The summed E-state index contributed by atoms with van der Waals surface area (Å²) < 4.78 is 0. The highest BCUT2D eigenvalue weighted by molar-refractivity contribution is 5.88. The van der Waals surface area contributed by atoms with E-state index >= 15 is 0 Å². The summed E-state index contributed by atoms with van der Waals surface area (Å²) in [6.45, 7) is 4.74. The van der Waals surface area contributed by atoms with Gasteiger partial charge in [0.15, 0.2) is 0 Å². The minimum Gasteiger partial charge on any atom is -0.326 e. The average molecular weight is 218 g/mol. The lowest BCUT2D eigenvalue weighted by Gasteiger charge is -2.15. The molecule has 1 fully saturated rings. The van der Waals surface area contributed by atoms with Crippen molar-refractivity contribution in [2.75, 3.05) is 11.9 Å². The van der Waals surface area contributed by atoms with E-state index in [1.807, 2.05) is 12.1 Å². The van der Waals surface area contributed by atoms with E-state index in [2.05, 4.69) is 23.6 Å². The molecule has 86 valence electrons. The molecule has 0 radical (unpaired) electrons. The molecule has 0 unspecified atom stereocenters. The van der Waals surface area contributed by atoms with Crippen molar-refractivity contribution in [3.8, 4) is 0 Å². The summed E-state index contributed by atoms with van der Waals surface area (Å²) in [6.07, 6.45) is 2.46. The smallest absolute Gasteiger partial charge is 0.221 e. The van der Waals surface area contributed by atoms with Gasteiger partial charge in [0.25, 0.3) is 0 Å². The SMILES string of the molecule is CC(=O)Nc1ccc([C@@H]2CCCN2)c(C)c1. The first-order chi connectivity index (χ1) is 7.66. The van der Waals surface area contributed by atoms with Crippen molar-refractivity contribution in [3.05, 3.63) is 29.3 Å². The van der Waals surface area contributed by atoms with Gasteiger partial charge in [-0.1, -0.05) is 6.07 Å². The van der Waals surface area contributed by atoms with E-state index in [1.165, 1.54) is 30.9 Å². The fraction of sp³-hybridized carbons (Fsp3) is 0.462. The number of benzene rings is 1. The van der Waals surface area contributed by atoms with Gasteiger partial charge in [-0.15, -0.1) is 0 Å². The molecule has 1 aromatic rings. The van der Waals surface area contributed by atoms with Gasteiger partial charge in [0.05, 0.1) is 0 Å². The normalized spacial score (nSPS) is 19.8. The van der Waals surface area contributed by atoms with E-state index in [9.17, 15) is 4.79 Å². The van der Waals surface area contributed by atoms with Crippen molar-refractivity contribution in [2.45, 2.75) is 32.7 Å². The Balaban J connectivity index is 2.18. The summed E-state index contributed by atoms with van der Waals surface area (Å²) in [6, 6.07) is 6.62. The summed E-state index contributed by atoms with van der Waals surface area (Å²) in [5, 5.41) is 6.29. The van der Waals surface area contributed by atoms with Crippen molar-refractivity contribution >= 4 is 11.6 Å². The number of carbonyl (C=O) groups is 1. The van der Waals surface area contributed by atoms with Crippen LogP contribution in [0.25, 0.3) is 0 Å². The van der Waals surface area contributed by atoms with Crippen molar-refractivity contribution in [3.63, 3.8) is 0 Å². The zero-order valence-corrected chi connectivity index (χ0v) is 9.84. The van der Waals surface area contributed by atoms with Gasteiger partial charge >= 0.3 is 0 Å². The minimum atomic E-state index is -0.0221. The molecule has 1 amide bonds. The monoisotopic (exact) mass is 218 g/mol. The van der Waals surface area contributed by atoms with E-state index < -0.39 is 0 Å². The Morgan fingerprint density at radius 1 is 1.50 bits per heavy atom. The van der Waals surface area contributed by atoms with Gasteiger partial charge in [-0.2, -0.15) is 0 Å². The molecule has 2 rings (SSSR count). The van der Waals surface area contributed by atoms with Crippen LogP contribution in [-0.2, 0) is 4.79 Å². The third kappa shape index (κ3) is 2.42. The first-order valence-corrected chi connectivity index (χ1v) is 5.78. The molecule has 1 atom stereocenters. The maximum absolute atomic E-state index is 10.9. The summed E-state index contributed by atoms with van der Waals surface area (Å²) in [5.41, 5.74) is 3.48. The van der Waals surface area contributed by atoms with Gasteiger partial charge in [-0.25, -0.2) is 0 Å². The van der Waals surface area contributed by atoms with Crippen LogP contribution in [0, 0.1) is 6.92 Å². The number of carbonyl (C=O) groups excluding carboxylic acids is 1. The molecule has 1 aromatic carbocycles. The molecule has 1 heterocycles. The number of amides is 1. The third-order valence-corrected chi connectivity index (χ3v) is 3.03. The number of nitrogens with one attached hydrogen (secondary N) is 2. The summed E-state index contributed by atoms with van der Waals surface area (Å²) >= 11 is 0. The molecule has 2 N–H and O–H groups in total.